The Labute approximate surface area is 378 Å². The molecule has 3 aromatic rings. The molecular formula is C45H63N9O11. The van der Waals surface area contributed by atoms with E-state index in [0.717, 1.165) is 44.2 Å². The lowest BCUT2D eigenvalue weighted by Gasteiger charge is -2.47. The molecule has 2 aromatic carbocycles. The first kappa shape index (κ1) is 49.9. The van der Waals surface area contributed by atoms with Gasteiger partial charge in [-0.15, -0.1) is 0 Å². The van der Waals surface area contributed by atoms with Crippen LogP contribution >= 0.6 is 0 Å². The summed E-state index contributed by atoms with van der Waals surface area (Å²) in [5.41, 5.74) is -1.38. The number of aromatic nitrogens is 2. The first-order valence-corrected chi connectivity index (χ1v) is 22.2. The van der Waals surface area contributed by atoms with Crippen molar-refractivity contribution in [3.63, 3.8) is 0 Å². The Bertz CT molecular complexity index is 2100. The number of non-ortho nitro benzene ring substituents is 1. The fourth-order valence-corrected chi connectivity index (χ4v) is 8.41. The zero-order valence-corrected chi connectivity index (χ0v) is 38.2. The maximum atomic E-state index is 15.8. The molecule has 0 bridgehead atoms. The predicted octanol–water partition coefficient (Wildman–Crippen LogP) is 6.38. The standard InChI is InChI=1S/C45H63N9O11/c1-28(2)49-42(57)47-26-33-24-39(64-45(6,7)63-33)38(21-30-16-12-9-13-17-30)52(36-19-18-32(53(59)60)23-37(36)54(61)62)41(56)35(22-31-25-46-27-48-31)50-40(55)34(20-29-14-10-8-11-15-29)51-43(58)65-44(3,4)5/h8,10-11,14-15,18-19,23,25,27-28,30,33-35,38-39H,9,12-13,16-17,20-22,24,26H2,1-7H3,(H,46,48)(H,50,55)(H,51,58)(H2,47,49,57)/t33-,34+,35+,38+,39+/m1/s1. The Kier molecular flexibility index (Phi) is 17.0. The minimum absolute atomic E-state index is 0.00663. The molecule has 20 nitrogen and oxygen atoms in total. The van der Waals surface area contributed by atoms with Gasteiger partial charge >= 0.3 is 12.1 Å². The van der Waals surface area contributed by atoms with Gasteiger partial charge in [0, 0.05) is 44.1 Å². The molecule has 1 saturated carbocycles. The number of imidazole rings is 1. The average Bonchev–Trinajstić information content (AvgIpc) is 3.74. The smallest absolute Gasteiger partial charge is 0.408 e. The van der Waals surface area contributed by atoms with Gasteiger partial charge in [-0.05, 0) is 72.4 Å². The molecule has 0 spiro atoms. The Morgan fingerprint density at radius 1 is 0.938 bits per heavy atom. The van der Waals surface area contributed by atoms with E-state index >= 15 is 4.79 Å². The molecule has 2 heterocycles. The topological polar surface area (TPSA) is 262 Å². The molecule has 0 radical (unpaired) electrons. The van der Waals surface area contributed by atoms with Crippen LogP contribution in [0, 0.1) is 26.1 Å². The molecule has 5 rings (SSSR count). The van der Waals surface area contributed by atoms with Gasteiger partial charge in [0.05, 0.1) is 46.2 Å². The number of carbonyl (C=O) groups excluding carboxylic acids is 4. The number of carbonyl (C=O) groups is 4. The maximum absolute atomic E-state index is 15.8. The van der Waals surface area contributed by atoms with Crippen LogP contribution in [0.15, 0.2) is 61.1 Å². The van der Waals surface area contributed by atoms with Crippen molar-refractivity contribution in [1.29, 1.82) is 0 Å². The molecule has 2 fully saturated rings. The molecule has 5 atom stereocenters. The highest BCUT2D eigenvalue weighted by Crippen LogP contribution is 2.41. The molecule has 354 valence electrons. The lowest BCUT2D eigenvalue weighted by Crippen LogP contribution is -2.61. The van der Waals surface area contributed by atoms with Gasteiger partial charge in [-0.3, -0.25) is 34.7 Å². The van der Waals surface area contributed by atoms with Crippen molar-refractivity contribution in [2.24, 2.45) is 5.92 Å². The summed E-state index contributed by atoms with van der Waals surface area (Å²) >= 11 is 0. The number of nitrogens with zero attached hydrogens (tertiary/aromatic N) is 4. The van der Waals surface area contributed by atoms with E-state index < -0.39 is 86.9 Å². The number of nitrogens with one attached hydrogen (secondary N) is 5. The van der Waals surface area contributed by atoms with E-state index in [-0.39, 0.29) is 43.5 Å². The maximum Gasteiger partial charge on any atom is 0.408 e. The van der Waals surface area contributed by atoms with Crippen LogP contribution in [-0.4, -0.2) is 98.1 Å². The molecule has 5 N–H and O–H groups in total. The monoisotopic (exact) mass is 905 g/mol. The molecule has 1 aliphatic carbocycles. The third-order valence-corrected chi connectivity index (χ3v) is 11.1. The highest BCUT2D eigenvalue weighted by molar-refractivity contribution is 6.02. The van der Waals surface area contributed by atoms with Gasteiger partial charge in [-0.25, -0.2) is 14.6 Å². The van der Waals surface area contributed by atoms with E-state index in [2.05, 4.69) is 31.2 Å². The zero-order chi connectivity index (χ0) is 47.5. The van der Waals surface area contributed by atoms with Crippen molar-refractivity contribution in [2.75, 3.05) is 11.4 Å². The van der Waals surface area contributed by atoms with Crippen molar-refractivity contribution in [3.8, 4) is 0 Å². The second kappa shape index (κ2) is 22.2. The van der Waals surface area contributed by atoms with Crippen LogP contribution in [0.1, 0.15) is 105 Å². The number of urea groups is 1. The zero-order valence-electron chi connectivity index (χ0n) is 38.2. The fraction of sp³-hybridized carbons (Fsp3) is 0.578. The van der Waals surface area contributed by atoms with E-state index in [1.165, 1.54) is 17.3 Å². The second-order valence-corrected chi connectivity index (χ2v) is 18.5. The Hall–Kier alpha value is -6.15. The summed E-state index contributed by atoms with van der Waals surface area (Å²) in [7, 11) is 0. The van der Waals surface area contributed by atoms with E-state index in [0.29, 0.717) is 17.7 Å². The Morgan fingerprint density at radius 3 is 2.26 bits per heavy atom. The Balaban J connectivity index is 1.65. The number of anilines is 1. The fourth-order valence-electron chi connectivity index (χ4n) is 8.41. The first-order valence-electron chi connectivity index (χ1n) is 22.2. The summed E-state index contributed by atoms with van der Waals surface area (Å²) in [5.74, 6) is -2.79. The quantitative estimate of drug-likeness (QED) is 0.0688. The molecule has 1 aliphatic heterocycles. The number of nitro groups is 2. The van der Waals surface area contributed by atoms with Crippen molar-refractivity contribution >= 4 is 41.0 Å². The number of H-pyrrole nitrogens is 1. The number of rotatable bonds is 18. The molecule has 0 unspecified atom stereocenters. The molecule has 20 heteroatoms. The number of benzene rings is 2. The third-order valence-electron chi connectivity index (χ3n) is 11.1. The van der Waals surface area contributed by atoms with Crippen molar-refractivity contribution in [2.45, 2.75) is 154 Å². The number of aromatic amines is 1. The summed E-state index contributed by atoms with van der Waals surface area (Å²) in [6.45, 7) is 12.1. The highest BCUT2D eigenvalue weighted by atomic mass is 16.7. The summed E-state index contributed by atoms with van der Waals surface area (Å²) in [6.07, 6.45) is 5.26. The number of nitro benzene ring substituents is 2. The number of hydrogen-bond donors (Lipinski definition) is 5. The van der Waals surface area contributed by atoms with Crippen molar-refractivity contribution < 1.29 is 43.2 Å². The third kappa shape index (κ3) is 15.0. The van der Waals surface area contributed by atoms with E-state index in [1.807, 2.05) is 13.8 Å². The van der Waals surface area contributed by atoms with Crippen molar-refractivity contribution in [3.05, 3.63) is 92.5 Å². The van der Waals surface area contributed by atoms with Gasteiger partial charge in [0.2, 0.25) is 5.91 Å². The largest absolute Gasteiger partial charge is 0.444 e. The number of alkyl carbamates (subject to hydrolysis) is 1. The molecular weight excluding hydrogens is 843 g/mol. The predicted molar refractivity (Wildman–Crippen MR) is 240 cm³/mol. The SMILES string of the molecule is CC(C)NC(=O)NC[C@H]1C[C@@H]([C@H](CC2CCCCC2)N(C(=O)[C@H](Cc2c[nH]cn2)NC(=O)[C@H](Cc2ccccc2)NC(=O)OC(C)(C)C)c2ccc([N+](=O)[O-])cc2[N+](=O)[O-])OC(C)(C)O1. The van der Waals surface area contributed by atoms with Crippen LogP contribution in [0.5, 0.6) is 0 Å². The van der Waals surface area contributed by atoms with Crippen LogP contribution in [-0.2, 0) is 36.6 Å². The van der Waals surface area contributed by atoms with Crippen LogP contribution in [0.4, 0.5) is 26.7 Å². The Morgan fingerprint density at radius 2 is 1.65 bits per heavy atom. The van der Waals surface area contributed by atoms with Gasteiger partial charge < -0.3 is 40.5 Å². The van der Waals surface area contributed by atoms with E-state index in [1.54, 1.807) is 71.1 Å². The van der Waals surface area contributed by atoms with Crippen LogP contribution < -0.4 is 26.2 Å². The lowest BCUT2D eigenvalue weighted by atomic mass is 9.82. The normalized spacial score (nSPS) is 19.0. The van der Waals surface area contributed by atoms with Gasteiger partial charge in [-0.2, -0.15) is 0 Å². The summed E-state index contributed by atoms with van der Waals surface area (Å²) in [6, 6.07) is 7.76. The second-order valence-electron chi connectivity index (χ2n) is 18.5. The molecule has 5 amide bonds. The molecule has 1 aromatic heterocycles. The minimum atomic E-state index is -1.47. The van der Waals surface area contributed by atoms with Gasteiger partial charge in [0.1, 0.15) is 23.4 Å². The highest BCUT2D eigenvalue weighted by Gasteiger charge is 2.46. The summed E-state index contributed by atoms with van der Waals surface area (Å²) in [5, 5.41) is 36.1. The first-order chi connectivity index (χ1) is 30.7. The summed E-state index contributed by atoms with van der Waals surface area (Å²) < 4.78 is 18.5. The molecule has 65 heavy (non-hydrogen) atoms. The average molecular weight is 906 g/mol. The molecule has 1 saturated heterocycles. The van der Waals surface area contributed by atoms with E-state index in [9.17, 15) is 34.6 Å². The van der Waals surface area contributed by atoms with Crippen molar-refractivity contribution in [1.82, 2.24) is 31.2 Å². The molecule has 2 aliphatic rings. The van der Waals surface area contributed by atoms with Gasteiger partial charge in [0.15, 0.2) is 5.79 Å². The van der Waals surface area contributed by atoms with E-state index in [4.69, 9.17) is 14.2 Å². The minimum Gasteiger partial charge on any atom is -0.444 e. The van der Waals surface area contributed by atoms with Crippen LogP contribution in [0.3, 0.4) is 0 Å². The summed E-state index contributed by atoms with van der Waals surface area (Å²) in [4.78, 5) is 88.2. The number of ether oxygens (including phenoxy) is 3. The van der Waals surface area contributed by atoms with Crippen LogP contribution in [0.2, 0.25) is 0 Å². The van der Waals surface area contributed by atoms with Gasteiger partial charge in [-0.1, -0.05) is 62.4 Å². The number of hydrogen-bond acceptors (Lipinski definition) is 12. The van der Waals surface area contributed by atoms with Gasteiger partial charge in [0.25, 0.3) is 17.3 Å². The lowest BCUT2D eigenvalue weighted by molar-refractivity contribution is -0.393. The number of amides is 5. The van der Waals surface area contributed by atoms with Crippen LogP contribution in [0.25, 0.3) is 0 Å².